The number of aryl methyl sites for hydroxylation is 1. The number of ether oxygens (including phenoxy) is 1. The first-order valence-electron chi connectivity index (χ1n) is 5.58. The van der Waals surface area contributed by atoms with Crippen molar-refractivity contribution in [3.63, 3.8) is 0 Å². The molecule has 0 aliphatic rings. The first-order valence-corrected chi connectivity index (χ1v) is 5.58. The zero-order chi connectivity index (χ0) is 12.8. The van der Waals surface area contributed by atoms with Crippen LogP contribution in [-0.4, -0.2) is 16.2 Å². The largest absolute Gasteiger partial charge is 0.479 e. The quantitative estimate of drug-likeness (QED) is 0.870. The average Bonchev–Trinajstić information content (AvgIpc) is 2.81. The van der Waals surface area contributed by atoms with Gasteiger partial charge in [0.2, 0.25) is 0 Å². The summed E-state index contributed by atoms with van der Waals surface area (Å²) in [7, 11) is 1.96. The average molecular weight is 242 g/mol. The van der Waals surface area contributed by atoms with Gasteiger partial charge in [0.1, 0.15) is 11.8 Å². The molecule has 0 saturated carbocycles. The zero-order valence-electron chi connectivity index (χ0n) is 10.1. The van der Waals surface area contributed by atoms with Gasteiger partial charge in [0.15, 0.2) is 6.61 Å². The van der Waals surface area contributed by atoms with E-state index in [9.17, 15) is 0 Å². The molecule has 0 amide bonds. The lowest BCUT2D eigenvalue weighted by Crippen LogP contribution is -2.03. The highest BCUT2D eigenvalue weighted by atomic mass is 16.5. The minimum Gasteiger partial charge on any atom is -0.479 e. The minimum atomic E-state index is 0.0712. The van der Waals surface area contributed by atoms with Crippen molar-refractivity contribution in [1.29, 1.82) is 5.26 Å². The molecule has 92 valence electrons. The third-order valence-corrected chi connectivity index (χ3v) is 2.55. The van der Waals surface area contributed by atoms with Crippen LogP contribution in [0.25, 0.3) is 0 Å². The monoisotopic (exact) mass is 242 g/mol. The summed E-state index contributed by atoms with van der Waals surface area (Å²) < 4.78 is 7.15. The fraction of sp³-hybridized carbons (Fsp3) is 0.231. The maximum Gasteiger partial charge on any atom is 0.174 e. The third kappa shape index (κ3) is 3.01. The Morgan fingerprint density at radius 1 is 1.39 bits per heavy atom. The van der Waals surface area contributed by atoms with Crippen molar-refractivity contribution in [2.75, 3.05) is 11.9 Å². The van der Waals surface area contributed by atoms with Crippen LogP contribution in [0.4, 0.5) is 5.69 Å². The van der Waals surface area contributed by atoms with E-state index in [-0.39, 0.29) is 6.61 Å². The smallest absolute Gasteiger partial charge is 0.174 e. The summed E-state index contributed by atoms with van der Waals surface area (Å²) >= 11 is 0. The van der Waals surface area contributed by atoms with Crippen molar-refractivity contribution in [2.24, 2.45) is 7.05 Å². The van der Waals surface area contributed by atoms with Gasteiger partial charge in [-0.25, -0.2) is 4.98 Å². The molecule has 2 rings (SSSR count). The molecule has 0 aliphatic carbocycles. The van der Waals surface area contributed by atoms with Gasteiger partial charge < -0.3 is 14.6 Å². The Labute approximate surface area is 106 Å². The zero-order valence-corrected chi connectivity index (χ0v) is 10.1. The molecule has 0 spiro atoms. The molecule has 5 nitrogen and oxygen atoms in total. The van der Waals surface area contributed by atoms with E-state index in [1.165, 1.54) is 0 Å². The highest BCUT2D eigenvalue weighted by Gasteiger charge is 1.99. The second-order valence-corrected chi connectivity index (χ2v) is 3.82. The van der Waals surface area contributed by atoms with E-state index in [2.05, 4.69) is 10.3 Å². The topological polar surface area (TPSA) is 62.9 Å². The number of rotatable bonds is 5. The lowest BCUT2D eigenvalue weighted by Gasteiger charge is -2.08. The molecule has 0 aliphatic heterocycles. The van der Waals surface area contributed by atoms with Gasteiger partial charge in [-0.3, -0.25) is 0 Å². The number of nitriles is 1. The van der Waals surface area contributed by atoms with Crippen LogP contribution < -0.4 is 10.1 Å². The molecule has 0 bridgehead atoms. The summed E-state index contributed by atoms with van der Waals surface area (Å²) in [5.74, 6) is 0.697. The lowest BCUT2D eigenvalue weighted by atomic mass is 10.3. The highest BCUT2D eigenvalue weighted by Crippen LogP contribution is 2.16. The van der Waals surface area contributed by atoms with Crippen molar-refractivity contribution in [3.05, 3.63) is 42.5 Å². The number of hydrogen-bond donors (Lipinski definition) is 1. The van der Waals surface area contributed by atoms with Gasteiger partial charge in [-0.05, 0) is 24.3 Å². The summed E-state index contributed by atoms with van der Waals surface area (Å²) in [5.41, 5.74) is 2.11. The Hall–Kier alpha value is -2.48. The van der Waals surface area contributed by atoms with Crippen LogP contribution in [0.2, 0.25) is 0 Å². The van der Waals surface area contributed by atoms with Crippen LogP contribution in [0.1, 0.15) is 5.69 Å². The van der Waals surface area contributed by atoms with Crippen LogP contribution in [0.3, 0.4) is 0 Å². The summed E-state index contributed by atoms with van der Waals surface area (Å²) in [5, 5.41) is 11.7. The van der Waals surface area contributed by atoms with Crippen LogP contribution >= 0.6 is 0 Å². The van der Waals surface area contributed by atoms with Gasteiger partial charge in [-0.1, -0.05) is 0 Å². The second-order valence-electron chi connectivity index (χ2n) is 3.82. The Bertz CT molecular complexity index is 539. The van der Waals surface area contributed by atoms with Crippen molar-refractivity contribution in [1.82, 2.24) is 9.55 Å². The molecule has 1 aromatic carbocycles. The van der Waals surface area contributed by atoms with Gasteiger partial charge in [-0.2, -0.15) is 5.26 Å². The molecule has 1 N–H and O–H groups in total. The fourth-order valence-electron chi connectivity index (χ4n) is 1.53. The molecule has 18 heavy (non-hydrogen) atoms. The molecule has 1 heterocycles. The SMILES string of the molecule is Cn1cncc1CNc1ccc(OCC#N)cc1. The van der Waals surface area contributed by atoms with E-state index in [0.29, 0.717) is 5.75 Å². The van der Waals surface area contributed by atoms with E-state index in [4.69, 9.17) is 10.00 Å². The Morgan fingerprint density at radius 3 is 2.78 bits per heavy atom. The first kappa shape index (κ1) is 12.0. The molecule has 1 aromatic heterocycles. The predicted molar refractivity (Wildman–Crippen MR) is 68.1 cm³/mol. The number of benzene rings is 1. The normalized spacial score (nSPS) is 9.78. The van der Waals surface area contributed by atoms with Crippen molar-refractivity contribution >= 4 is 5.69 Å². The Morgan fingerprint density at radius 2 is 2.17 bits per heavy atom. The van der Waals surface area contributed by atoms with Gasteiger partial charge >= 0.3 is 0 Å². The van der Waals surface area contributed by atoms with Gasteiger partial charge in [-0.15, -0.1) is 0 Å². The molecular formula is C13H14N4O. The van der Waals surface area contributed by atoms with Crippen molar-refractivity contribution in [3.8, 4) is 11.8 Å². The molecular weight excluding hydrogens is 228 g/mol. The summed E-state index contributed by atoms with van der Waals surface area (Å²) in [6.45, 7) is 0.788. The van der Waals surface area contributed by atoms with E-state index in [1.54, 1.807) is 6.33 Å². The van der Waals surface area contributed by atoms with Crippen LogP contribution in [0.5, 0.6) is 5.75 Å². The Kier molecular flexibility index (Phi) is 3.82. The van der Waals surface area contributed by atoms with Gasteiger partial charge in [0, 0.05) is 18.9 Å². The number of anilines is 1. The van der Waals surface area contributed by atoms with Crippen LogP contribution in [-0.2, 0) is 13.6 Å². The van der Waals surface area contributed by atoms with E-state index in [0.717, 1.165) is 17.9 Å². The van der Waals surface area contributed by atoms with Gasteiger partial charge in [0.25, 0.3) is 0 Å². The molecule has 2 aromatic rings. The highest BCUT2D eigenvalue weighted by molar-refractivity contribution is 5.46. The van der Waals surface area contributed by atoms with Crippen molar-refractivity contribution < 1.29 is 4.74 Å². The fourth-order valence-corrected chi connectivity index (χ4v) is 1.53. The first-order chi connectivity index (χ1) is 8.79. The number of hydrogen-bond acceptors (Lipinski definition) is 4. The van der Waals surface area contributed by atoms with Crippen LogP contribution in [0, 0.1) is 11.3 Å². The molecule has 5 heteroatoms. The predicted octanol–water partition coefficient (Wildman–Crippen LogP) is 1.93. The van der Waals surface area contributed by atoms with Crippen molar-refractivity contribution in [2.45, 2.75) is 6.54 Å². The van der Waals surface area contributed by atoms with E-state index in [1.807, 2.05) is 48.1 Å². The lowest BCUT2D eigenvalue weighted by molar-refractivity contribution is 0.368. The Balaban J connectivity index is 1.91. The summed E-state index contributed by atoms with van der Waals surface area (Å²) in [6.07, 6.45) is 3.60. The second kappa shape index (κ2) is 5.73. The molecule has 0 saturated heterocycles. The minimum absolute atomic E-state index is 0.0712. The maximum absolute atomic E-state index is 8.40. The summed E-state index contributed by atoms with van der Waals surface area (Å²) in [4.78, 5) is 4.05. The molecule has 0 fully saturated rings. The van der Waals surface area contributed by atoms with Crippen LogP contribution in [0.15, 0.2) is 36.8 Å². The molecule has 0 atom stereocenters. The molecule has 0 unspecified atom stereocenters. The number of aromatic nitrogens is 2. The van der Waals surface area contributed by atoms with E-state index >= 15 is 0 Å². The van der Waals surface area contributed by atoms with Gasteiger partial charge in [0.05, 0.1) is 18.6 Å². The summed E-state index contributed by atoms with van der Waals surface area (Å²) in [6, 6.07) is 9.45. The maximum atomic E-state index is 8.40. The number of nitrogens with one attached hydrogen (secondary N) is 1. The number of nitrogens with zero attached hydrogens (tertiary/aromatic N) is 3. The standard InChI is InChI=1S/C13H14N4O/c1-17-10-15-8-12(17)9-16-11-2-4-13(5-3-11)18-7-6-14/h2-5,8,10,16H,7,9H2,1H3. The third-order valence-electron chi connectivity index (χ3n) is 2.55. The number of imidazole rings is 1. The molecule has 0 radical (unpaired) electrons. The van der Waals surface area contributed by atoms with E-state index < -0.39 is 0 Å².